The Hall–Kier alpha value is -4.33. The maximum Gasteiger partial charge on any atom is 0.349 e. The van der Waals surface area contributed by atoms with Crippen molar-refractivity contribution in [2.45, 2.75) is 76.3 Å². The van der Waals surface area contributed by atoms with Crippen LogP contribution in [0.25, 0.3) is 0 Å². The van der Waals surface area contributed by atoms with Crippen LogP contribution < -0.4 is 25.4 Å². The highest BCUT2D eigenvalue weighted by Gasteiger charge is 2.44. The molecule has 3 N–H and O–H groups in total. The summed E-state index contributed by atoms with van der Waals surface area (Å²) < 4.78 is 56.1. The molecule has 11 nitrogen and oxygen atoms in total. The number of ether oxygens (including phenoxy) is 2. The first-order chi connectivity index (χ1) is 23.4. The summed E-state index contributed by atoms with van der Waals surface area (Å²) in [6.07, 6.45) is 2.48. The van der Waals surface area contributed by atoms with Crippen LogP contribution in [0.1, 0.15) is 69.4 Å². The molecule has 0 aromatic heterocycles. The van der Waals surface area contributed by atoms with Gasteiger partial charge < -0.3 is 35.2 Å². The van der Waals surface area contributed by atoms with Gasteiger partial charge >= 0.3 is 5.92 Å². The number of carbonyl (C=O) groups is 4. The molecule has 266 valence electrons. The minimum Gasteiger partial charge on any atom is -0.454 e. The Labute approximate surface area is 283 Å². The third-order valence-corrected chi connectivity index (χ3v) is 9.71. The molecule has 2 heterocycles. The molecule has 0 spiro atoms. The summed E-state index contributed by atoms with van der Waals surface area (Å²) in [4.78, 5) is 55.6. The van der Waals surface area contributed by atoms with Crippen LogP contribution in [0.2, 0.25) is 0 Å². The minimum atomic E-state index is -3.85. The molecule has 4 atom stereocenters. The zero-order valence-corrected chi connectivity index (χ0v) is 28.0. The standard InChI is InChI=1S/C35H44F3N5O6/c1-4-30(44)41-32(33(46)43-15-13-42(3)14-16-43)21(2)22-9-11-27(25(36)17-22)39-31(45)18-23-7-5-6-8-26(23)40-34(47)35(37,38)24-10-12-28-29(19-24)49-20-48-28/h9-12,17,19,21,23,26,32H,4-8,13-16,18,20H2,1-3H3,(H,39,45)(H,40,47)(H,41,44)/t21-,23?,26?,32+/m0/s1. The summed E-state index contributed by atoms with van der Waals surface area (Å²) in [6.45, 7) is 5.80. The molecule has 2 aromatic carbocycles. The third kappa shape index (κ3) is 8.46. The van der Waals surface area contributed by atoms with E-state index < -0.39 is 53.0 Å². The van der Waals surface area contributed by atoms with Gasteiger partial charge in [-0.25, -0.2) is 4.39 Å². The summed E-state index contributed by atoms with van der Waals surface area (Å²) in [5, 5.41) is 7.84. The van der Waals surface area contributed by atoms with Crippen molar-refractivity contribution in [1.82, 2.24) is 20.4 Å². The van der Waals surface area contributed by atoms with Gasteiger partial charge in [-0.3, -0.25) is 19.2 Å². The quantitative estimate of drug-likeness (QED) is 0.324. The number of benzene rings is 2. The van der Waals surface area contributed by atoms with E-state index in [1.165, 1.54) is 18.2 Å². The number of hydrogen-bond acceptors (Lipinski definition) is 7. The van der Waals surface area contributed by atoms with E-state index in [-0.39, 0.29) is 42.9 Å². The van der Waals surface area contributed by atoms with Crippen molar-refractivity contribution in [3.05, 3.63) is 53.3 Å². The second-order valence-corrected chi connectivity index (χ2v) is 13.1. The van der Waals surface area contributed by atoms with Crippen molar-refractivity contribution in [2.24, 2.45) is 5.92 Å². The number of alkyl halides is 2. The zero-order chi connectivity index (χ0) is 35.3. The number of amides is 4. The number of carbonyl (C=O) groups excluding carboxylic acids is 4. The molecule has 2 unspecified atom stereocenters. The lowest BCUT2D eigenvalue weighted by Gasteiger charge is -2.36. The highest BCUT2D eigenvalue weighted by molar-refractivity contribution is 5.91. The van der Waals surface area contributed by atoms with Crippen LogP contribution in [0.3, 0.4) is 0 Å². The molecule has 0 bridgehead atoms. The molecule has 2 aromatic rings. The van der Waals surface area contributed by atoms with Gasteiger partial charge in [-0.1, -0.05) is 32.8 Å². The number of nitrogens with zero attached hydrogens (tertiary/aromatic N) is 2. The van der Waals surface area contributed by atoms with E-state index in [1.807, 2.05) is 7.05 Å². The molecular weight excluding hydrogens is 643 g/mol. The maximum absolute atomic E-state index is 15.4. The molecule has 1 saturated heterocycles. The van der Waals surface area contributed by atoms with Crippen LogP contribution >= 0.6 is 0 Å². The molecule has 1 saturated carbocycles. The molecule has 0 radical (unpaired) electrons. The number of nitrogens with one attached hydrogen (secondary N) is 3. The fourth-order valence-electron chi connectivity index (χ4n) is 6.57. The maximum atomic E-state index is 15.4. The fourth-order valence-corrected chi connectivity index (χ4v) is 6.57. The van der Waals surface area contributed by atoms with Gasteiger partial charge in [-0.2, -0.15) is 8.78 Å². The van der Waals surface area contributed by atoms with Gasteiger partial charge in [-0.05, 0) is 61.7 Å². The lowest BCUT2D eigenvalue weighted by Crippen LogP contribution is -2.55. The van der Waals surface area contributed by atoms with E-state index in [0.29, 0.717) is 56.8 Å². The van der Waals surface area contributed by atoms with Gasteiger partial charge in [0.25, 0.3) is 5.91 Å². The molecule has 1 aliphatic carbocycles. The smallest absolute Gasteiger partial charge is 0.349 e. The Bertz CT molecular complexity index is 1550. The second-order valence-electron chi connectivity index (χ2n) is 13.1. The van der Waals surface area contributed by atoms with Crippen LogP contribution in [-0.2, 0) is 25.1 Å². The highest BCUT2D eigenvalue weighted by atomic mass is 19.3. The predicted molar refractivity (Wildman–Crippen MR) is 175 cm³/mol. The lowest BCUT2D eigenvalue weighted by molar-refractivity contribution is -0.148. The Balaban J connectivity index is 1.21. The van der Waals surface area contributed by atoms with Gasteiger partial charge in [0.1, 0.15) is 11.9 Å². The van der Waals surface area contributed by atoms with E-state index in [0.717, 1.165) is 18.6 Å². The summed E-state index contributed by atoms with van der Waals surface area (Å²) in [5.41, 5.74) is -0.139. The number of fused-ring (bicyclic) bond motifs is 1. The van der Waals surface area contributed by atoms with E-state index in [1.54, 1.807) is 24.8 Å². The van der Waals surface area contributed by atoms with E-state index in [4.69, 9.17) is 9.47 Å². The first-order valence-electron chi connectivity index (χ1n) is 16.8. The largest absolute Gasteiger partial charge is 0.454 e. The average molecular weight is 688 g/mol. The summed E-state index contributed by atoms with van der Waals surface area (Å²) >= 11 is 0. The number of hydrogen-bond donors (Lipinski definition) is 3. The molecule has 2 aliphatic heterocycles. The summed E-state index contributed by atoms with van der Waals surface area (Å²) in [7, 11) is 1.97. The Kier molecular flexibility index (Phi) is 11.4. The number of rotatable bonds is 11. The fraction of sp³-hybridized carbons (Fsp3) is 0.543. The first-order valence-corrected chi connectivity index (χ1v) is 16.8. The van der Waals surface area contributed by atoms with Crippen LogP contribution in [0.15, 0.2) is 36.4 Å². The van der Waals surface area contributed by atoms with Crippen LogP contribution in [-0.4, -0.2) is 85.5 Å². The van der Waals surface area contributed by atoms with Gasteiger partial charge in [-0.15, -0.1) is 0 Å². The van der Waals surface area contributed by atoms with Gasteiger partial charge in [0.2, 0.25) is 24.5 Å². The minimum absolute atomic E-state index is 0.0776. The molecule has 5 rings (SSSR count). The summed E-state index contributed by atoms with van der Waals surface area (Å²) in [5.74, 6) is -7.64. The Morgan fingerprint density at radius 3 is 2.39 bits per heavy atom. The van der Waals surface area contributed by atoms with Crippen LogP contribution in [0, 0.1) is 11.7 Å². The highest BCUT2D eigenvalue weighted by Crippen LogP contribution is 2.39. The predicted octanol–water partition coefficient (Wildman–Crippen LogP) is 4.12. The van der Waals surface area contributed by atoms with Crippen molar-refractivity contribution in [3.63, 3.8) is 0 Å². The summed E-state index contributed by atoms with van der Waals surface area (Å²) in [6, 6.07) is 6.21. The Morgan fingerprint density at radius 1 is 0.959 bits per heavy atom. The van der Waals surface area contributed by atoms with Crippen LogP contribution in [0.5, 0.6) is 11.5 Å². The molecule has 14 heteroatoms. The van der Waals surface area contributed by atoms with Crippen molar-refractivity contribution < 1.29 is 41.8 Å². The topological polar surface area (TPSA) is 129 Å². The number of likely N-dealkylation sites (N-methyl/N-ethyl adjacent to an activating group) is 1. The molecule has 3 aliphatic rings. The number of halogens is 3. The van der Waals surface area contributed by atoms with Crippen molar-refractivity contribution in [3.8, 4) is 11.5 Å². The number of anilines is 1. The van der Waals surface area contributed by atoms with E-state index in [2.05, 4.69) is 20.9 Å². The van der Waals surface area contributed by atoms with Gasteiger partial charge in [0.05, 0.1) is 5.69 Å². The normalized spacial score (nSPS) is 20.7. The molecule has 4 amide bonds. The third-order valence-electron chi connectivity index (χ3n) is 9.71. The molecule has 2 fully saturated rings. The monoisotopic (exact) mass is 687 g/mol. The second kappa shape index (κ2) is 15.5. The average Bonchev–Trinajstić information content (AvgIpc) is 3.57. The van der Waals surface area contributed by atoms with Crippen molar-refractivity contribution in [2.75, 3.05) is 45.3 Å². The first kappa shape index (κ1) is 36.0. The van der Waals surface area contributed by atoms with Crippen molar-refractivity contribution >= 4 is 29.3 Å². The lowest BCUT2D eigenvalue weighted by atomic mass is 9.82. The van der Waals surface area contributed by atoms with Gasteiger partial charge in [0, 0.05) is 56.5 Å². The zero-order valence-electron chi connectivity index (χ0n) is 28.0. The van der Waals surface area contributed by atoms with E-state index >= 15 is 13.2 Å². The van der Waals surface area contributed by atoms with Crippen LogP contribution in [0.4, 0.5) is 18.9 Å². The SMILES string of the molecule is CCC(=O)N[C@@H](C(=O)N1CCN(C)CC1)[C@@H](C)c1ccc(NC(=O)CC2CCCCC2NC(=O)C(F)(F)c2ccc3c(c2)OCO3)c(F)c1. The van der Waals surface area contributed by atoms with E-state index in [9.17, 15) is 19.2 Å². The molecular formula is C35H44F3N5O6. The Morgan fingerprint density at radius 2 is 1.67 bits per heavy atom. The molecule has 49 heavy (non-hydrogen) atoms. The number of piperazine rings is 1. The van der Waals surface area contributed by atoms with Gasteiger partial charge in [0.15, 0.2) is 11.5 Å². The van der Waals surface area contributed by atoms with Crippen molar-refractivity contribution in [1.29, 1.82) is 0 Å².